The first-order valence-electron chi connectivity index (χ1n) is 14.9. The summed E-state index contributed by atoms with van der Waals surface area (Å²) in [7, 11) is 5.31. The van der Waals surface area contributed by atoms with Gasteiger partial charge in [-0.15, -0.1) is 0 Å². The van der Waals surface area contributed by atoms with Crippen LogP contribution in [0.5, 0.6) is 0 Å². The lowest BCUT2D eigenvalue weighted by Gasteiger charge is -2.41. The zero-order valence-electron chi connectivity index (χ0n) is 27.2. The van der Waals surface area contributed by atoms with Crippen LogP contribution in [-0.4, -0.2) is 108 Å². The van der Waals surface area contributed by atoms with Crippen molar-refractivity contribution >= 4 is 23.7 Å². The standard InChI is InChI=1S/C32H53N5O5/c1-21(2)24(19-35(9)20-25(38)37-18-14-17-23(37)30(41)42)36(10)29(40)27(31(3,4)5)34-28(39)26(33-8)32(6,7)22-15-12-11-13-16-22/h11-13,15-16,21,23-24,26-27,33H,14,17-20H2,1-10H3,(H,34,39)(H,41,42)/t23-,24+,26+,27?/m0/s1. The van der Waals surface area contributed by atoms with E-state index in [9.17, 15) is 24.3 Å². The van der Waals surface area contributed by atoms with E-state index in [-0.39, 0.29) is 36.2 Å². The van der Waals surface area contributed by atoms with Crippen molar-refractivity contribution in [3.63, 3.8) is 0 Å². The summed E-state index contributed by atoms with van der Waals surface area (Å²) < 4.78 is 0. The van der Waals surface area contributed by atoms with Crippen LogP contribution in [0.2, 0.25) is 0 Å². The number of aliphatic carboxylic acids is 1. The van der Waals surface area contributed by atoms with E-state index < -0.39 is 34.9 Å². The molecule has 2 rings (SSSR count). The van der Waals surface area contributed by atoms with Gasteiger partial charge in [-0.2, -0.15) is 0 Å². The Bertz CT molecular complexity index is 1080. The van der Waals surface area contributed by atoms with Crippen molar-refractivity contribution in [2.45, 2.75) is 90.9 Å². The number of carbonyl (C=O) groups is 4. The van der Waals surface area contributed by atoms with Gasteiger partial charge in [-0.25, -0.2) is 4.79 Å². The molecular weight excluding hydrogens is 534 g/mol. The summed E-state index contributed by atoms with van der Waals surface area (Å²) in [5.41, 5.74) is -0.0973. The van der Waals surface area contributed by atoms with E-state index in [0.29, 0.717) is 25.9 Å². The van der Waals surface area contributed by atoms with Crippen molar-refractivity contribution in [3.8, 4) is 0 Å². The minimum Gasteiger partial charge on any atom is -0.480 e. The monoisotopic (exact) mass is 587 g/mol. The topological polar surface area (TPSA) is 122 Å². The molecule has 3 amide bonds. The zero-order chi connectivity index (χ0) is 32.0. The third-order valence-electron chi connectivity index (χ3n) is 8.57. The molecule has 1 fully saturated rings. The van der Waals surface area contributed by atoms with Crippen LogP contribution in [-0.2, 0) is 24.6 Å². The van der Waals surface area contributed by atoms with Crippen LogP contribution in [0.15, 0.2) is 30.3 Å². The first-order chi connectivity index (χ1) is 19.4. The van der Waals surface area contributed by atoms with E-state index in [0.717, 1.165) is 5.56 Å². The van der Waals surface area contributed by atoms with Crippen LogP contribution in [0.25, 0.3) is 0 Å². The Kier molecular flexibility index (Phi) is 12.1. The number of nitrogens with zero attached hydrogens (tertiary/aromatic N) is 3. The molecule has 1 unspecified atom stereocenters. The minimum absolute atomic E-state index is 0.0624. The molecule has 1 heterocycles. The number of hydrogen-bond acceptors (Lipinski definition) is 6. The first-order valence-corrected chi connectivity index (χ1v) is 14.9. The quantitative estimate of drug-likeness (QED) is 0.324. The largest absolute Gasteiger partial charge is 0.480 e. The van der Waals surface area contributed by atoms with Gasteiger partial charge in [0.2, 0.25) is 17.7 Å². The molecule has 0 bridgehead atoms. The number of hydrogen-bond donors (Lipinski definition) is 3. The number of likely N-dealkylation sites (tertiary alicyclic amines) is 1. The molecule has 10 nitrogen and oxygen atoms in total. The van der Waals surface area contributed by atoms with Crippen LogP contribution in [0.4, 0.5) is 0 Å². The highest BCUT2D eigenvalue weighted by atomic mass is 16.4. The van der Waals surface area contributed by atoms with Gasteiger partial charge in [-0.05, 0) is 43.8 Å². The summed E-state index contributed by atoms with van der Waals surface area (Å²) in [6.45, 7) is 14.8. The van der Waals surface area contributed by atoms with Crippen LogP contribution < -0.4 is 10.6 Å². The molecule has 0 aromatic heterocycles. The number of rotatable bonds is 13. The van der Waals surface area contributed by atoms with Gasteiger partial charge in [-0.1, -0.05) is 78.8 Å². The molecule has 1 aromatic carbocycles. The fourth-order valence-corrected chi connectivity index (χ4v) is 5.90. The van der Waals surface area contributed by atoms with Gasteiger partial charge in [0, 0.05) is 31.6 Å². The van der Waals surface area contributed by atoms with Crippen molar-refractivity contribution in [1.29, 1.82) is 0 Å². The summed E-state index contributed by atoms with van der Waals surface area (Å²) in [6, 6.07) is 7.44. The van der Waals surface area contributed by atoms with E-state index in [1.807, 2.05) is 90.7 Å². The maximum Gasteiger partial charge on any atom is 0.326 e. The molecule has 1 aromatic rings. The van der Waals surface area contributed by atoms with Crippen LogP contribution in [0, 0.1) is 11.3 Å². The third-order valence-corrected chi connectivity index (χ3v) is 8.57. The molecular formula is C32H53N5O5. The van der Waals surface area contributed by atoms with Gasteiger partial charge in [0.15, 0.2) is 0 Å². The molecule has 3 N–H and O–H groups in total. The number of amides is 3. The predicted molar refractivity (Wildman–Crippen MR) is 165 cm³/mol. The van der Waals surface area contributed by atoms with E-state index in [4.69, 9.17) is 0 Å². The second-order valence-corrected chi connectivity index (χ2v) is 13.7. The average Bonchev–Trinajstić information content (AvgIpc) is 3.40. The zero-order valence-corrected chi connectivity index (χ0v) is 27.2. The van der Waals surface area contributed by atoms with Gasteiger partial charge >= 0.3 is 5.97 Å². The number of likely N-dealkylation sites (N-methyl/N-ethyl adjacent to an activating group) is 3. The smallest absolute Gasteiger partial charge is 0.326 e. The van der Waals surface area contributed by atoms with Gasteiger partial charge < -0.3 is 25.5 Å². The summed E-state index contributed by atoms with van der Waals surface area (Å²) in [4.78, 5) is 57.3. The number of carbonyl (C=O) groups excluding carboxylic acids is 3. The second kappa shape index (κ2) is 14.5. The van der Waals surface area contributed by atoms with E-state index >= 15 is 0 Å². The Labute approximate surface area is 252 Å². The van der Waals surface area contributed by atoms with Crippen molar-refractivity contribution in [3.05, 3.63) is 35.9 Å². The highest BCUT2D eigenvalue weighted by Crippen LogP contribution is 2.29. The van der Waals surface area contributed by atoms with Crippen molar-refractivity contribution in [1.82, 2.24) is 25.3 Å². The Morgan fingerprint density at radius 3 is 2.12 bits per heavy atom. The molecule has 42 heavy (non-hydrogen) atoms. The first kappa shape index (κ1) is 35.2. The normalized spacial score (nSPS) is 18.1. The number of benzene rings is 1. The Hall–Kier alpha value is -2.98. The van der Waals surface area contributed by atoms with Gasteiger partial charge in [0.05, 0.1) is 12.6 Å². The third kappa shape index (κ3) is 8.53. The van der Waals surface area contributed by atoms with Crippen LogP contribution >= 0.6 is 0 Å². The van der Waals surface area contributed by atoms with Crippen molar-refractivity contribution in [2.75, 3.05) is 40.8 Å². The molecule has 1 saturated heterocycles. The van der Waals surface area contributed by atoms with Crippen molar-refractivity contribution in [2.24, 2.45) is 11.3 Å². The number of carboxylic acid groups (broad SMARTS) is 1. The lowest BCUT2D eigenvalue weighted by atomic mass is 9.76. The Morgan fingerprint density at radius 2 is 1.62 bits per heavy atom. The van der Waals surface area contributed by atoms with Gasteiger partial charge in [-0.3, -0.25) is 19.3 Å². The summed E-state index contributed by atoms with van der Waals surface area (Å²) >= 11 is 0. The second-order valence-electron chi connectivity index (χ2n) is 13.7. The Morgan fingerprint density at radius 1 is 1.02 bits per heavy atom. The molecule has 0 radical (unpaired) electrons. The minimum atomic E-state index is -0.975. The fourth-order valence-electron chi connectivity index (χ4n) is 5.90. The summed E-state index contributed by atoms with van der Waals surface area (Å²) in [5.74, 6) is -1.59. The highest BCUT2D eigenvalue weighted by Gasteiger charge is 2.42. The summed E-state index contributed by atoms with van der Waals surface area (Å²) in [5, 5.41) is 15.7. The lowest BCUT2D eigenvalue weighted by Crippen LogP contribution is -2.62. The van der Waals surface area contributed by atoms with E-state index in [1.54, 1.807) is 19.0 Å². The molecule has 10 heteroatoms. The van der Waals surface area contributed by atoms with E-state index in [2.05, 4.69) is 10.6 Å². The maximum atomic E-state index is 14.1. The van der Waals surface area contributed by atoms with Gasteiger partial charge in [0.25, 0.3) is 0 Å². The molecule has 0 saturated carbocycles. The molecule has 1 aliphatic heterocycles. The SMILES string of the molecule is CN[C@H](C(=O)NC(C(=O)N(C)[C@H](CN(C)CC(=O)N1CCC[C@H]1C(=O)O)C(C)C)C(C)(C)C)C(C)(C)c1ccccc1. The number of nitrogens with one attached hydrogen (secondary N) is 2. The van der Waals surface area contributed by atoms with E-state index in [1.165, 1.54) is 4.90 Å². The molecule has 236 valence electrons. The molecule has 4 atom stereocenters. The summed E-state index contributed by atoms with van der Waals surface area (Å²) in [6.07, 6.45) is 1.14. The molecule has 0 aliphatic carbocycles. The number of carboxylic acids is 1. The van der Waals surface area contributed by atoms with Crippen LogP contribution in [0.3, 0.4) is 0 Å². The lowest BCUT2D eigenvalue weighted by molar-refractivity contribution is -0.148. The highest BCUT2D eigenvalue weighted by molar-refractivity contribution is 5.91. The molecule has 1 aliphatic rings. The maximum absolute atomic E-state index is 14.1. The van der Waals surface area contributed by atoms with Gasteiger partial charge in [0.1, 0.15) is 12.1 Å². The van der Waals surface area contributed by atoms with Crippen molar-refractivity contribution < 1.29 is 24.3 Å². The average molecular weight is 588 g/mol. The predicted octanol–water partition coefficient (Wildman–Crippen LogP) is 2.57. The Balaban J connectivity index is 2.20. The molecule has 0 spiro atoms. The van der Waals surface area contributed by atoms with Crippen LogP contribution in [0.1, 0.15) is 66.9 Å². The fraction of sp³-hybridized carbons (Fsp3) is 0.688.